The molecule has 3 rings (SSSR count). The third-order valence-corrected chi connectivity index (χ3v) is 4.26. The Bertz CT molecular complexity index is 649. The highest BCUT2D eigenvalue weighted by atomic mass is 16.1. The maximum absolute atomic E-state index is 12.2. The van der Waals surface area contributed by atoms with Crippen LogP contribution >= 0.6 is 0 Å². The molecule has 112 valence electrons. The van der Waals surface area contributed by atoms with Gasteiger partial charge in [0.1, 0.15) is 5.65 Å². The molecule has 0 aliphatic heterocycles. The predicted molar refractivity (Wildman–Crippen MR) is 81.7 cm³/mol. The fraction of sp³-hybridized carbons (Fsp3) is 0.500. The first kappa shape index (κ1) is 14.1. The van der Waals surface area contributed by atoms with Gasteiger partial charge in [-0.3, -0.25) is 4.79 Å². The first-order valence-corrected chi connectivity index (χ1v) is 7.60. The van der Waals surface area contributed by atoms with Crippen LogP contribution < -0.4 is 11.1 Å². The summed E-state index contributed by atoms with van der Waals surface area (Å²) in [4.78, 5) is 16.8. The Morgan fingerprint density at radius 1 is 1.52 bits per heavy atom. The number of nitrogens with two attached hydrogens (primary N) is 1. The zero-order valence-corrected chi connectivity index (χ0v) is 12.4. The normalized spacial score (nSPS) is 22.4. The Hall–Kier alpha value is -1.88. The molecule has 5 nitrogen and oxygen atoms in total. The molecule has 0 aromatic carbocycles. The Morgan fingerprint density at radius 2 is 2.38 bits per heavy atom. The van der Waals surface area contributed by atoms with Crippen LogP contribution in [0.2, 0.25) is 0 Å². The largest absolute Gasteiger partial charge is 0.350 e. The summed E-state index contributed by atoms with van der Waals surface area (Å²) in [7, 11) is 0. The Balaban J connectivity index is 1.63. The number of aromatic nitrogens is 2. The molecule has 0 spiro atoms. The number of imidazole rings is 1. The van der Waals surface area contributed by atoms with Crippen molar-refractivity contribution in [3.63, 3.8) is 0 Å². The number of carbonyl (C=O) groups excluding carboxylic acids is 1. The molecule has 2 unspecified atom stereocenters. The summed E-state index contributed by atoms with van der Waals surface area (Å²) in [5.74, 6) is 0.173. The number of nitrogens with zero attached hydrogens (tertiary/aromatic N) is 2. The fourth-order valence-electron chi connectivity index (χ4n) is 3.08. The highest BCUT2D eigenvalue weighted by Gasteiger charge is 2.25. The minimum Gasteiger partial charge on any atom is -0.350 e. The zero-order valence-electron chi connectivity index (χ0n) is 12.4. The van der Waals surface area contributed by atoms with Crippen molar-refractivity contribution >= 4 is 11.6 Å². The molecule has 2 aromatic heterocycles. The Labute approximate surface area is 124 Å². The minimum atomic E-state index is 0.0625. The fourth-order valence-corrected chi connectivity index (χ4v) is 3.08. The molecule has 0 bridgehead atoms. The summed E-state index contributed by atoms with van der Waals surface area (Å²) >= 11 is 0. The van der Waals surface area contributed by atoms with Crippen molar-refractivity contribution in [3.8, 4) is 0 Å². The van der Waals surface area contributed by atoms with Gasteiger partial charge in [-0.05, 0) is 37.8 Å². The van der Waals surface area contributed by atoms with Gasteiger partial charge >= 0.3 is 0 Å². The standard InChI is InChI=1S/C16H22N4O/c1-11-4-3-7-20-10-14(19-15(11)20)9-18-16(21)12-5-2-6-13(17)8-12/h3-4,7,10,12-13H,2,5-6,8-9,17H2,1H3,(H,18,21). The molecule has 1 amide bonds. The van der Waals surface area contributed by atoms with E-state index >= 15 is 0 Å². The van der Waals surface area contributed by atoms with Crippen molar-refractivity contribution in [1.29, 1.82) is 0 Å². The van der Waals surface area contributed by atoms with Gasteiger partial charge in [0.05, 0.1) is 12.2 Å². The third-order valence-electron chi connectivity index (χ3n) is 4.26. The van der Waals surface area contributed by atoms with E-state index < -0.39 is 0 Å². The van der Waals surface area contributed by atoms with E-state index in [0.29, 0.717) is 6.54 Å². The second-order valence-electron chi connectivity index (χ2n) is 6.00. The number of fused-ring (bicyclic) bond motifs is 1. The van der Waals surface area contributed by atoms with Crippen molar-refractivity contribution in [1.82, 2.24) is 14.7 Å². The van der Waals surface area contributed by atoms with Crippen LogP contribution in [0.15, 0.2) is 24.5 Å². The summed E-state index contributed by atoms with van der Waals surface area (Å²) in [5, 5.41) is 3.00. The van der Waals surface area contributed by atoms with E-state index in [1.165, 1.54) is 0 Å². The summed E-state index contributed by atoms with van der Waals surface area (Å²) in [6, 6.07) is 4.21. The second-order valence-corrected chi connectivity index (χ2v) is 6.00. The molecule has 5 heteroatoms. The maximum atomic E-state index is 12.2. The van der Waals surface area contributed by atoms with Crippen molar-refractivity contribution in [2.75, 3.05) is 0 Å². The summed E-state index contributed by atoms with van der Waals surface area (Å²) in [5.41, 5.74) is 8.91. The average Bonchev–Trinajstić information content (AvgIpc) is 2.89. The van der Waals surface area contributed by atoms with Crippen molar-refractivity contribution in [3.05, 3.63) is 35.8 Å². The zero-order chi connectivity index (χ0) is 14.8. The summed E-state index contributed by atoms with van der Waals surface area (Å²) in [6.45, 7) is 2.51. The number of amides is 1. The molecule has 2 heterocycles. The molecule has 1 saturated carbocycles. The minimum absolute atomic E-state index is 0.0625. The first-order valence-electron chi connectivity index (χ1n) is 7.60. The van der Waals surface area contributed by atoms with Crippen LogP contribution in [0.3, 0.4) is 0 Å². The molecule has 2 aromatic rings. The highest BCUT2D eigenvalue weighted by Crippen LogP contribution is 2.23. The van der Waals surface area contributed by atoms with E-state index in [4.69, 9.17) is 5.73 Å². The Kier molecular flexibility index (Phi) is 3.92. The van der Waals surface area contributed by atoms with Crippen LogP contribution in [0.1, 0.15) is 36.9 Å². The van der Waals surface area contributed by atoms with Crippen molar-refractivity contribution in [2.45, 2.75) is 45.2 Å². The van der Waals surface area contributed by atoms with E-state index in [1.807, 2.05) is 35.9 Å². The van der Waals surface area contributed by atoms with Crippen LogP contribution in [0.25, 0.3) is 5.65 Å². The number of rotatable bonds is 3. The molecule has 1 aliphatic rings. The Morgan fingerprint density at radius 3 is 3.14 bits per heavy atom. The molecular weight excluding hydrogens is 264 g/mol. The topological polar surface area (TPSA) is 72.4 Å². The van der Waals surface area contributed by atoms with E-state index in [9.17, 15) is 4.79 Å². The number of nitrogens with one attached hydrogen (secondary N) is 1. The number of aryl methyl sites for hydroxylation is 1. The molecule has 2 atom stereocenters. The number of carbonyl (C=O) groups is 1. The van der Waals surface area contributed by atoms with Gasteiger partial charge in [0.2, 0.25) is 5.91 Å². The van der Waals surface area contributed by atoms with Crippen LogP contribution in [0.5, 0.6) is 0 Å². The molecule has 3 N–H and O–H groups in total. The average molecular weight is 286 g/mol. The van der Waals surface area contributed by atoms with Crippen LogP contribution in [0, 0.1) is 12.8 Å². The second kappa shape index (κ2) is 5.85. The van der Waals surface area contributed by atoms with Gasteiger partial charge in [0, 0.05) is 24.4 Å². The molecule has 0 radical (unpaired) electrons. The summed E-state index contributed by atoms with van der Waals surface area (Å²) in [6.07, 6.45) is 7.78. The molecular formula is C16H22N4O. The van der Waals surface area contributed by atoms with Crippen molar-refractivity contribution in [2.24, 2.45) is 11.7 Å². The molecule has 1 fully saturated rings. The lowest BCUT2D eigenvalue weighted by molar-refractivity contribution is -0.126. The molecule has 1 aliphatic carbocycles. The smallest absolute Gasteiger partial charge is 0.223 e. The number of hydrogen-bond donors (Lipinski definition) is 2. The van der Waals surface area contributed by atoms with E-state index in [-0.39, 0.29) is 17.9 Å². The quantitative estimate of drug-likeness (QED) is 0.903. The lowest BCUT2D eigenvalue weighted by atomic mass is 9.85. The lowest BCUT2D eigenvalue weighted by Crippen LogP contribution is -2.37. The molecule has 0 saturated heterocycles. The van der Waals surface area contributed by atoms with E-state index in [1.54, 1.807) is 0 Å². The van der Waals surface area contributed by atoms with Crippen molar-refractivity contribution < 1.29 is 4.79 Å². The van der Waals surface area contributed by atoms with Gasteiger partial charge in [-0.2, -0.15) is 0 Å². The van der Waals surface area contributed by atoms with Gasteiger partial charge in [-0.1, -0.05) is 12.5 Å². The maximum Gasteiger partial charge on any atom is 0.223 e. The van der Waals surface area contributed by atoms with Gasteiger partial charge in [0.15, 0.2) is 0 Å². The van der Waals surface area contributed by atoms with Gasteiger partial charge in [-0.25, -0.2) is 4.98 Å². The van der Waals surface area contributed by atoms with Crippen LogP contribution in [-0.2, 0) is 11.3 Å². The van der Waals surface area contributed by atoms with Gasteiger partial charge < -0.3 is 15.5 Å². The summed E-state index contributed by atoms with van der Waals surface area (Å²) < 4.78 is 1.99. The first-order chi connectivity index (χ1) is 10.1. The van der Waals surface area contributed by atoms with Gasteiger partial charge in [-0.15, -0.1) is 0 Å². The SMILES string of the molecule is Cc1cccn2cc(CNC(=O)C3CCCC(N)C3)nc12. The van der Waals surface area contributed by atoms with Gasteiger partial charge in [0.25, 0.3) is 0 Å². The highest BCUT2D eigenvalue weighted by molar-refractivity contribution is 5.78. The predicted octanol–water partition coefficient (Wildman–Crippen LogP) is 1.78. The number of pyridine rings is 1. The van der Waals surface area contributed by atoms with Crippen LogP contribution in [-0.4, -0.2) is 21.3 Å². The van der Waals surface area contributed by atoms with E-state index in [0.717, 1.165) is 42.6 Å². The monoisotopic (exact) mass is 286 g/mol. The number of hydrogen-bond acceptors (Lipinski definition) is 3. The van der Waals surface area contributed by atoms with Crippen LogP contribution in [0.4, 0.5) is 0 Å². The molecule has 21 heavy (non-hydrogen) atoms. The lowest BCUT2D eigenvalue weighted by Gasteiger charge is -2.25. The third kappa shape index (κ3) is 3.08. The van der Waals surface area contributed by atoms with E-state index in [2.05, 4.69) is 10.3 Å².